The second-order valence-corrected chi connectivity index (χ2v) is 8.77. The van der Waals surface area contributed by atoms with Gasteiger partial charge in [0.05, 0.1) is 17.9 Å². The molecular formula is C22H19FN2O3S. The average molecular weight is 410 g/mol. The first kappa shape index (κ1) is 19.1. The summed E-state index contributed by atoms with van der Waals surface area (Å²) in [4.78, 5) is 14.9. The van der Waals surface area contributed by atoms with Crippen LogP contribution in [0.5, 0.6) is 0 Å². The van der Waals surface area contributed by atoms with E-state index in [2.05, 4.69) is 0 Å². The molecule has 148 valence electrons. The van der Waals surface area contributed by atoms with Crippen LogP contribution in [0.2, 0.25) is 0 Å². The highest BCUT2D eigenvalue weighted by atomic mass is 32.2. The van der Waals surface area contributed by atoms with Gasteiger partial charge in [-0.2, -0.15) is 4.31 Å². The molecule has 0 fully saturated rings. The van der Waals surface area contributed by atoms with Crippen molar-refractivity contribution in [3.05, 3.63) is 89.2 Å². The highest BCUT2D eigenvalue weighted by Gasteiger charge is 2.42. The largest absolute Gasteiger partial charge is 0.343 e. The molecule has 0 atom stereocenters. The summed E-state index contributed by atoms with van der Waals surface area (Å²) in [6.07, 6.45) is 0. The van der Waals surface area contributed by atoms with E-state index >= 15 is 0 Å². The number of hydrogen-bond donors (Lipinski definition) is 0. The molecule has 7 heteroatoms. The highest BCUT2D eigenvalue weighted by Crippen LogP contribution is 2.38. The van der Waals surface area contributed by atoms with Crippen LogP contribution in [-0.4, -0.2) is 14.4 Å². The van der Waals surface area contributed by atoms with Crippen LogP contribution in [0, 0.1) is 19.7 Å². The summed E-state index contributed by atoms with van der Waals surface area (Å²) in [5.41, 5.74) is 3.40. The SMILES string of the molecule is Cc1ccc(C)c(CN2C(=O)N(c3ccc(F)cc3)S(=O)(=O)c3ccccc32)c1. The number of aryl methyl sites for hydroxylation is 2. The van der Waals surface area contributed by atoms with E-state index in [1.807, 2.05) is 32.0 Å². The third kappa shape index (κ3) is 3.27. The van der Waals surface area contributed by atoms with E-state index in [-0.39, 0.29) is 17.1 Å². The van der Waals surface area contributed by atoms with Crippen LogP contribution in [-0.2, 0) is 16.6 Å². The molecule has 3 aromatic rings. The van der Waals surface area contributed by atoms with Crippen molar-refractivity contribution >= 4 is 27.4 Å². The van der Waals surface area contributed by atoms with Crippen LogP contribution in [0.25, 0.3) is 0 Å². The van der Waals surface area contributed by atoms with Gasteiger partial charge in [-0.05, 0) is 61.4 Å². The number of nitrogens with zero attached hydrogens (tertiary/aromatic N) is 2. The quantitative estimate of drug-likeness (QED) is 0.625. The van der Waals surface area contributed by atoms with Gasteiger partial charge in [0, 0.05) is 0 Å². The van der Waals surface area contributed by atoms with Crippen LogP contribution < -0.4 is 9.21 Å². The molecule has 0 radical (unpaired) electrons. The van der Waals surface area contributed by atoms with Crippen LogP contribution >= 0.6 is 0 Å². The van der Waals surface area contributed by atoms with Crippen molar-refractivity contribution in [1.29, 1.82) is 0 Å². The molecule has 5 nitrogen and oxygen atoms in total. The van der Waals surface area contributed by atoms with Gasteiger partial charge >= 0.3 is 6.03 Å². The van der Waals surface area contributed by atoms with Crippen molar-refractivity contribution in [1.82, 2.24) is 0 Å². The maximum atomic E-state index is 13.4. The molecule has 1 heterocycles. The zero-order chi connectivity index (χ0) is 20.8. The topological polar surface area (TPSA) is 57.7 Å². The van der Waals surface area contributed by atoms with Crippen LogP contribution in [0.15, 0.2) is 71.6 Å². The summed E-state index contributed by atoms with van der Waals surface area (Å²) in [6, 6.07) is 16.5. The number of carbonyl (C=O) groups excluding carboxylic acids is 1. The zero-order valence-electron chi connectivity index (χ0n) is 16.0. The van der Waals surface area contributed by atoms with Crippen LogP contribution in [0.3, 0.4) is 0 Å². The number of halogens is 1. The summed E-state index contributed by atoms with van der Waals surface area (Å²) in [6.45, 7) is 4.13. The Morgan fingerprint density at radius 1 is 0.931 bits per heavy atom. The van der Waals surface area contributed by atoms with Gasteiger partial charge in [-0.15, -0.1) is 0 Å². The molecule has 0 aromatic heterocycles. The summed E-state index contributed by atoms with van der Waals surface area (Å²) < 4.78 is 40.5. The normalized spacial score (nSPS) is 15.3. The molecule has 0 spiro atoms. The number of anilines is 2. The van der Waals surface area contributed by atoms with Crippen molar-refractivity contribution in [2.75, 3.05) is 9.21 Å². The standard InChI is InChI=1S/C22H19FN2O3S/c1-15-7-8-16(2)17(13-15)14-24-20-5-3-4-6-21(20)29(27,28)25(22(24)26)19-11-9-18(23)10-12-19/h3-13H,14H2,1-2H3. The van der Waals surface area contributed by atoms with E-state index in [0.717, 1.165) is 33.1 Å². The third-order valence-corrected chi connectivity index (χ3v) is 6.72. The lowest BCUT2D eigenvalue weighted by atomic mass is 10.0. The molecule has 3 aromatic carbocycles. The second kappa shape index (κ2) is 7.00. The van der Waals surface area contributed by atoms with Crippen molar-refractivity contribution < 1.29 is 17.6 Å². The molecule has 1 aliphatic heterocycles. The Morgan fingerprint density at radius 3 is 2.34 bits per heavy atom. The Bertz CT molecular complexity index is 1210. The number of amides is 2. The van der Waals surface area contributed by atoms with Gasteiger partial charge in [-0.25, -0.2) is 17.6 Å². The highest BCUT2D eigenvalue weighted by molar-refractivity contribution is 7.94. The Hall–Kier alpha value is -3.19. The minimum Gasteiger partial charge on any atom is -0.287 e. The molecule has 29 heavy (non-hydrogen) atoms. The summed E-state index contributed by atoms with van der Waals surface area (Å²) in [7, 11) is -4.12. The monoisotopic (exact) mass is 410 g/mol. The van der Waals surface area contributed by atoms with Crippen molar-refractivity contribution in [2.24, 2.45) is 0 Å². The molecule has 0 N–H and O–H groups in total. The molecule has 0 bridgehead atoms. The Morgan fingerprint density at radius 2 is 1.62 bits per heavy atom. The lowest BCUT2D eigenvalue weighted by Gasteiger charge is -2.36. The molecule has 0 unspecified atom stereocenters. The number of sulfonamides is 1. The minimum absolute atomic E-state index is 0.0363. The summed E-state index contributed by atoms with van der Waals surface area (Å²) in [5, 5.41) is 0. The third-order valence-electron chi connectivity index (χ3n) is 4.97. The molecule has 0 aliphatic carbocycles. The molecule has 0 saturated carbocycles. The predicted octanol–water partition coefficient (Wildman–Crippen LogP) is 4.78. The predicted molar refractivity (Wildman–Crippen MR) is 110 cm³/mol. The zero-order valence-corrected chi connectivity index (χ0v) is 16.8. The minimum atomic E-state index is -4.12. The fraction of sp³-hybridized carbons (Fsp3) is 0.136. The fourth-order valence-electron chi connectivity index (χ4n) is 3.43. The second-order valence-electron chi connectivity index (χ2n) is 7.01. The van der Waals surface area contributed by atoms with Crippen molar-refractivity contribution in [2.45, 2.75) is 25.3 Å². The van der Waals surface area contributed by atoms with Gasteiger partial charge in [0.25, 0.3) is 10.0 Å². The lowest BCUT2D eigenvalue weighted by molar-refractivity contribution is 0.253. The molecule has 1 aliphatic rings. The van der Waals surface area contributed by atoms with Gasteiger partial charge in [-0.1, -0.05) is 35.9 Å². The smallest absolute Gasteiger partial charge is 0.287 e. The van der Waals surface area contributed by atoms with Crippen molar-refractivity contribution in [3.8, 4) is 0 Å². The maximum absolute atomic E-state index is 13.4. The average Bonchev–Trinajstić information content (AvgIpc) is 2.69. The number of benzene rings is 3. The molecule has 4 rings (SSSR count). The number of fused-ring (bicyclic) bond motifs is 1. The summed E-state index contributed by atoms with van der Waals surface area (Å²) >= 11 is 0. The molecular weight excluding hydrogens is 391 g/mol. The van der Waals surface area contributed by atoms with Gasteiger partial charge in [0.1, 0.15) is 10.7 Å². The first-order valence-corrected chi connectivity index (χ1v) is 10.5. The Labute approximate surface area is 169 Å². The number of rotatable bonds is 3. The lowest BCUT2D eigenvalue weighted by Crippen LogP contribution is -2.50. The number of carbonyl (C=O) groups is 1. The number of hydrogen-bond acceptors (Lipinski definition) is 3. The maximum Gasteiger partial charge on any atom is 0.343 e. The van der Waals surface area contributed by atoms with Gasteiger partial charge in [0.15, 0.2) is 0 Å². The number of urea groups is 1. The van der Waals surface area contributed by atoms with Gasteiger partial charge in [0.2, 0.25) is 0 Å². The van der Waals surface area contributed by atoms with Crippen LogP contribution in [0.1, 0.15) is 16.7 Å². The Kier molecular flexibility index (Phi) is 4.62. The molecule has 2 amide bonds. The number of para-hydroxylation sites is 1. The van der Waals surface area contributed by atoms with Crippen LogP contribution in [0.4, 0.5) is 20.6 Å². The van der Waals surface area contributed by atoms with E-state index in [4.69, 9.17) is 0 Å². The van der Waals surface area contributed by atoms with E-state index in [1.54, 1.807) is 18.2 Å². The van der Waals surface area contributed by atoms with Gasteiger partial charge in [-0.3, -0.25) is 4.90 Å². The van der Waals surface area contributed by atoms with E-state index < -0.39 is 21.9 Å². The molecule has 0 saturated heterocycles. The fourth-order valence-corrected chi connectivity index (χ4v) is 5.02. The first-order valence-electron chi connectivity index (χ1n) is 9.06. The first-order chi connectivity index (χ1) is 13.8. The van der Waals surface area contributed by atoms with Crippen molar-refractivity contribution in [3.63, 3.8) is 0 Å². The van der Waals surface area contributed by atoms with Gasteiger partial charge < -0.3 is 0 Å². The summed E-state index contributed by atoms with van der Waals surface area (Å²) in [5.74, 6) is -0.511. The Balaban J connectivity index is 1.88. The van der Waals surface area contributed by atoms with E-state index in [1.165, 1.54) is 23.1 Å². The van der Waals surface area contributed by atoms with E-state index in [0.29, 0.717) is 5.69 Å². The van der Waals surface area contributed by atoms with E-state index in [9.17, 15) is 17.6 Å².